The number of aliphatic hydroxyl groups excluding tert-OH is 3. The van der Waals surface area contributed by atoms with Crippen molar-refractivity contribution in [3.05, 3.63) is 12.7 Å². The topological polar surface area (TPSA) is 126 Å². The Morgan fingerprint density at radius 1 is 1.29 bits per heavy atom. The number of hydrogen-bond acceptors (Lipinski definition) is 9. The molecule has 0 aromatic carbocycles. The third-order valence-electron chi connectivity index (χ3n) is 4.12. The SMILES string of the molecule is COCCN(C)c1ncnc2c1ncn2[C@@H]1O[C@H](CO)[C@@H](O)[C@H]1O. The zero-order valence-electron chi connectivity index (χ0n) is 13.5. The van der Waals surface area contributed by atoms with Gasteiger partial charge in [0, 0.05) is 20.7 Å². The molecule has 0 saturated carbocycles. The fourth-order valence-electron chi connectivity index (χ4n) is 2.75. The van der Waals surface area contributed by atoms with E-state index in [1.807, 2.05) is 11.9 Å². The Labute approximate surface area is 138 Å². The van der Waals surface area contributed by atoms with E-state index in [1.54, 1.807) is 7.11 Å². The summed E-state index contributed by atoms with van der Waals surface area (Å²) in [6, 6.07) is 0. The standard InChI is InChI=1S/C14H21N5O5/c1-18(3-4-23-2)12-9-13(16-6-15-12)19(7-17-9)14-11(22)10(21)8(5-20)24-14/h6-8,10-11,14,20-22H,3-5H2,1-2H3/t8-,10-,11-,14-/m1/s1. The van der Waals surface area contributed by atoms with Gasteiger partial charge in [0.25, 0.3) is 0 Å². The van der Waals surface area contributed by atoms with Crippen LogP contribution in [-0.4, -0.2) is 87.1 Å². The molecule has 3 heterocycles. The number of methoxy groups -OCH3 is 1. The molecule has 1 aliphatic rings. The number of ether oxygens (including phenoxy) is 2. The second-order valence-corrected chi connectivity index (χ2v) is 5.66. The minimum atomic E-state index is -1.19. The molecule has 1 aliphatic heterocycles. The van der Waals surface area contributed by atoms with Gasteiger partial charge in [-0.15, -0.1) is 0 Å². The van der Waals surface area contributed by atoms with E-state index in [2.05, 4.69) is 15.0 Å². The van der Waals surface area contributed by atoms with E-state index in [1.165, 1.54) is 17.2 Å². The number of rotatable bonds is 6. The molecule has 10 heteroatoms. The lowest BCUT2D eigenvalue weighted by Gasteiger charge is -2.19. The Morgan fingerprint density at radius 3 is 2.75 bits per heavy atom. The summed E-state index contributed by atoms with van der Waals surface area (Å²) >= 11 is 0. The van der Waals surface area contributed by atoms with Crippen LogP contribution in [0.2, 0.25) is 0 Å². The zero-order valence-corrected chi connectivity index (χ0v) is 13.5. The number of aliphatic hydroxyl groups is 3. The maximum absolute atomic E-state index is 10.2. The predicted molar refractivity (Wildman–Crippen MR) is 83.5 cm³/mol. The molecule has 2 aromatic heterocycles. The number of likely N-dealkylation sites (N-methyl/N-ethyl adjacent to an activating group) is 1. The van der Waals surface area contributed by atoms with Gasteiger partial charge >= 0.3 is 0 Å². The Hall–Kier alpha value is -1.85. The van der Waals surface area contributed by atoms with Gasteiger partial charge in [0.15, 0.2) is 23.2 Å². The molecule has 1 fully saturated rings. The summed E-state index contributed by atoms with van der Waals surface area (Å²) in [5, 5.41) is 29.3. The quantitative estimate of drug-likeness (QED) is 0.577. The molecule has 0 bridgehead atoms. The molecular weight excluding hydrogens is 318 g/mol. The first-order chi connectivity index (χ1) is 11.6. The summed E-state index contributed by atoms with van der Waals surface area (Å²) in [5.41, 5.74) is 1.02. The van der Waals surface area contributed by atoms with Crippen LogP contribution in [0.5, 0.6) is 0 Å². The van der Waals surface area contributed by atoms with Crippen molar-refractivity contribution in [2.45, 2.75) is 24.5 Å². The van der Waals surface area contributed by atoms with Gasteiger partial charge in [-0.3, -0.25) is 4.57 Å². The third-order valence-corrected chi connectivity index (χ3v) is 4.12. The van der Waals surface area contributed by atoms with E-state index in [0.717, 1.165) is 0 Å². The number of anilines is 1. The average Bonchev–Trinajstić information content (AvgIpc) is 3.14. The first-order valence-electron chi connectivity index (χ1n) is 7.58. The monoisotopic (exact) mass is 339 g/mol. The second kappa shape index (κ2) is 6.95. The highest BCUT2D eigenvalue weighted by molar-refractivity contribution is 5.83. The summed E-state index contributed by atoms with van der Waals surface area (Å²) in [6.07, 6.45) is -1.22. The number of hydrogen-bond donors (Lipinski definition) is 3. The Kier molecular flexibility index (Phi) is 4.92. The summed E-state index contributed by atoms with van der Waals surface area (Å²) in [4.78, 5) is 14.7. The van der Waals surface area contributed by atoms with Gasteiger partial charge in [0.1, 0.15) is 24.6 Å². The van der Waals surface area contributed by atoms with Gasteiger partial charge in [0.2, 0.25) is 0 Å². The lowest BCUT2D eigenvalue weighted by Crippen LogP contribution is -2.33. The largest absolute Gasteiger partial charge is 0.394 e. The second-order valence-electron chi connectivity index (χ2n) is 5.66. The Morgan fingerprint density at radius 2 is 2.08 bits per heavy atom. The summed E-state index contributed by atoms with van der Waals surface area (Å²) in [6.45, 7) is 0.780. The zero-order chi connectivity index (χ0) is 17.3. The number of aromatic nitrogens is 4. The first kappa shape index (κ1) is 17.0. The number of nitrogens with zero attached hydrogens (tertiary/aromatic N) is 5. The van der Waals surface area contributed by atoms with Crippen molar-refractivity contribution in [1.29, 1.82) is 0 Å². The van der Waals surface area contributed by atoms with Crippen LogP contribution in [0.25, 0.3) is 11.2 Å². The van der Waals surface area contributed by atoms with Crippen molar-refractivity contribution < 1.29 is 24.8 Å². The van der Waals surface area contributed by atoms with Crippen LogP contribution >= 0.6 is 0 Å². The van der Waals surface area contributed by atoms with Crippen molar-refractivity contribution in [2.75, 3.05) is 38.8 Å². The molecule has 3 rings (SSSR count). The lowest BCUT2D eigenvalue weighted by atomic mass is 10.1. The smallest absolute Gasteiger partial charge is 0.167 e. The van der Waals surface area contributed by atoms with Crippen LogP contribution in [0.3, 0.4) is 0 Å². The van der Waals surface area contributed by atoms with Crippen LogP contribution in [0.15, 0.2) is 12.7 Å². The van der Waals surface area contributed by atoms with Gasteiger partial charge < -0.3 is 29.7 Å². The van der Waals surface area contributed by atoms with Crippen molar-refractivity contribution >= 4 is 17.0 Å². The highest BCUT2D eigenvalue weighted by Gasteiger charge is 2.44. The molecule has 0 spiro atoms. The van der Waals surface area contributed by atoms with Gasteiger partial charge in [-0.2, -0.15) is 0 Å². The van der Waals surface area contributed by atoms with Crippen LogP contribution in [0.1, 0.15) is 6.23 Å². The fraction of sp³-hybridized carbons (Fsp3) is 0.643. The van der Waals surface area contributed by atoms with Crippen molar-refractivity contribution in [3.63, 3.8) is 0 Å². The van der Waals surface area contributed by atoms with Crippen LogP contribution in [-0.2, 0) is 9.47 Å². The maximum Gasteiger partial charge on any atom is 0.167 e. The average molecular weight is 339 g/mol. The lowest BCUT2D eigenvalue weighted by molar-refractivity contribution is -0.0511. The molecule has 0 amide bonds. The van der Waals surface area contributed by atoms with Crippen molar-refractivity contribution in [3.8, 4) is 0 Å². The van der Waals surface area contributed by atoms with E-state index in [4.69, 9.17) is 9.47 Å². The van der Waals surface area contributed by atoms with Gasteiger partial charge in [-0.05, 0) is 0 Å². The number of imidazole rings is 1. The minimum Gasteiger partial charge on any atom is -0.394 e. The van der Waals surface area contributed by atoms with Gasteiger partial charge in [-0.25, -0.2) is 15.0 Å². The Balaban J connectivity index is 1.94. The van der Waals surface area contributed by atoms with Gasteiger partial charge in [-0.1, -0.05) is 0 Å². The molecule has 0 aliphatic carbocycles. The predicted octanol–water partition coefficient (Wildman–Crippen LogP) is -1.48. The number of fused-ring (bicyclic) bond motifs is 1. The molecule has 1 saturated heterocycles. The molecule has 0 unspecified atom stereocenters. The maximum atomic E-state index is 10.2. The molecule has 3 N–H and O–H groups in total. The molecule has 132 valence electrons. The minimum absolute atomic E-state index is 0.388. The van der Waals surface area contributed by atoms with Crippen molar-refractivity contribution in [1.82, 2.24) is 19.5 Å². The third kappa shape index (κ3) is 2.82. The van der Waals surface area contributed by atoms with Crippen LogP contribution in [0.4, 0.5) is 5.82 Å². The van der Waals surface area contributed by atoms with Crippen LogP contribution in [0, 0.1) is 0 Å². The fourth-order valence-corrected chi connectivity index (χ4v) is 2.75. The molecule has 0 radical (unpaired) electrons. The van der Waals surface area contributed by atoms with E-state index >= 15 is 0 Å². The van der Waals surface area contributed by atoms with Crippen LogP contribution < -0.4 is 4.90 Å². The highest BCUT2D eigenvalue weighted by Crippen LogP contribution is 2.32. The Bertz CT molecular complexity index is 695. The highest BCUT2D eigenvalue weighted by atomic mass is 16.6. The van der Waals surface area contributed by atoms with E-state index in [-0.39, 0.29) is 6.61 Å². The molecular formula is C14H21N5O5. The molecule has 4 atom stereocenters. The molecule has 10 nitrogen and oxygen atoms in total. The first-order valence-corrected chi connectivity index (χ1v) is 7.58. The summed E-state index contributed by atoms with van der Waals surface area (Å²) < 4.78 is 12.1. The summed E-state index contributed by atoms with van der Waals surface area (Å²) in [5.74, 6) is 0.627. The molecule has 2 aromatic rings. The van der Waals surface area contributed by atoms with E-state index in [9.17, 15) is 15.3 Å². The molecule has 24 heavy (non-hydrogen) atoms. The van der Waals surface area contributed by atoms with E-state index in [0.29, 0.717) is 30.1 Å². The normalized spacial score (nSPS) is 27.0. The van der Waals surface area contributed by atoms with E-state index < -0.39 is 24.5 Å². The van der Waals surface area contributed by atoms with Gasteiger partial charge in [0.05, 0.1) is 19.5 Å². The summed E-state index contributed by atoms with van der Waals surface area (Å²) in [7, 11) is 3.49. The van der Waals surface area contributed by atoms with Crippen molar-refractivity contribution in [2.24, 2.45) is 0 Å².